The monoisotopic (exact) mass is 571 g/mol. The molecule has 2 aromatic rings. The highest BCUT2D eigenvalue weighted by molar-refractivity contribution is 14.0. The number of hydrogen-bond donors (Lipinski definition) is 2. The van der Waals surface area contributed by atoms with Crippen LogP contribution in [-0.4, -0.2) is 59.8 Å². The summed E-state index contributed by atoms with van der Waals surface area (Å²) in [7, 11) is 3.33. The summed E-state index contributed by atoms with van der Waals surface area (Å²) in [6, 6.07) is 13.7. The van der Waals surface area contributed by atoms with Gasteiger partial charge in [-0.15, -0.1) is 24.0 Å². The fourth-order valence-electron chi connectivity index (χ4n) is 3.08. The lowest BCUT2D eigenvalue weighted by atomic mass is 10.2. The summed E-state index contributed by atoms with van der Waals surface area (Å²) in [5.41, 5.74) is 1.94. The lowest BCUT2D eigenvalue weighted by Gasteiger charge is -2.15. The maximum atomic E-state index is 5.80. The van der Waals surface area contributed by atoms with Gasteiger partial charge in [0, 0.05) is 38.4 Å². The molecule has 0 fully saturated rings. The molecule has 33 heavy (non-hydrogen) atoms. The number of rotatable bonds is 11. The summed E-state index contributed by atoms with van der Waals surface area (Å²) in [5.74, 6) is 3.01. The molecular weight excluding hydrogens is 537 g/mol. The molecule has 3 rings (SSSR count). The number of guanidine groups is 1. The molecule has 1 aliphatic heterocycles. The third kappa shape index (κ3) is 9.65. The van der Waals surface area contributed by atoms with Crippen LogP contribution in [0.1, 0.15) is 18.4 Å². The average Bonchev–Trinajstić information content (AvgIpc) is 3.07. The Bertz CT molecular complexity index is 866. The molecule has 0 saturated heterocycles. The summed E-state index contributed by atoms with van der Waals surface area (Å²) in [4.78, 5) is 4.75. The van der Waals surface area contributed by atoms with Gasteiger partial charge >= 0.3 is 0 Å². The molecule has 182 valence electrons. The lowest BCUT2D eigenvalue weighted by molar-refractivity contribution is 0.0699. The summed E-state index contributed by atoms with van der Waals surface area (Å²) in [5, 5.41) is 6.75. The largest absolute Gasteiger partial charge is 0.497 e. The first-order chi connectivity index (χ1) is 15.8. The zero-order valence-electron chi connectivity index (χ0n) is 19.3. The minimum Gasteiger partial charge on any atom is -0.497 e. The molecule has 0 bridgehead atoms. The average molecular weight is 571 g/mol. The van der Waals surface area contributed by atoms with Crippen molar-refractivity contribution in [2.75, 3.05) is 59.1 Å². The number of nitrogens with one attached hydrogen (secondary N) is 2. The van der Waals surface area contributed by atoms with Crippen molar-refractivity contribution in [1.82, 2.24) is 5.32 Å². The molecule has 2 aromatic carbocycles. The summed E-state index contributed by atoms with van der Waals surface area (Å²) in [6.07, 6.45) is 1.73. The number of methoxy groups -OCH3 is 2. The van der Waals surface area contributed by atoms with Crippen LogP contribution in [0.4, 0.5) is 5.69 Å². The van der Waals surface area contributed by atoms with Crippen molar-refractivity contribution in [2.45, 2.75) is 19.4 Å². The number of ether oxygens (including phenoxy) is 5. The Balaban J connectivity index is 0.00000385. The first-order valence-electron chi connectivity index (χ1n) is 10.9. The van der Waals surface area contributed by atoms with E-state index in [0.717, 1.165) is 47.9 Å². The number of aliphatic imine (C=N–C) groups is 1. The molecule has 0 atom stereocenters. The Kier molecular flexibility index (Phi) is 12.7. The van der Waals surface area contributed by atoms with Crippen LogP contribution < -0.4 is 24.8 Å². The summed E-state index contributed by atoms with van der Waals surface area (Å²) < 4.78 is 27.4. The number of nitrogens with zero attached hydrogens (tertiary/aromatic N) is 1. The van der Waals surface area contributed by atoms with Crippen LogP contribution in [0.3, 0.4) is 0 Å². The molecule has 0 aliphatic carbocycles. The minimum absolute atomic E-state index is 0. The van der Waals surface area contributed by atoms with Gasteiger partial charge in [-0.25, -0.2) is 4.99 Å². The molecule has 0 spiro atoms. The third-order valence-corrected chi connectivity index (χ3v) is 4.75. The number of halogens is 1. The van der Waals surface area contributed by atoms with Crippen molar-refractivity contribution in [3.8, 4) is 17.2 Å². The van der Waals surface area contributed by atoms with Crippen molar-refractivity contribution in [1.29, 1.82) is 0 Å². The Morgan fingerprint density at radius 2 is 1.85 bits per heavy atom. The Morgan fingerprint density at radius 3 is 2.67 bits per heavy atom. The van der Waals surface area contributed by atoms with E-state index >= 15 is 0 Å². The van der Waals surface area contributed by atoms with Crippen LogP contribution in [0.5, 0.6) is 17.2 Å². The predicted octanol–water partition coefficient (Wildman–Crippen LogP) is 4.09. The topological polar surface area (TPSA) is 82.6 Å². The number of benzene rings is 2. The van der Waals surface area contributed by atoms with Gasteiger partial charge in [0.05, 0.1) is 40.1 Å². The lowest BCUT2D eigenvalue weighted by Crippen LogP contribution is -2.32. The van der Waals surface area contributed by atoms with Crippen LogP contribution in [0.15, 0.2) is 47.5 Å². The zero-order valence-corrected chi connectivity index (χ0v) is 21.6. The fraction of sp³-hybridized carbons (Fsp3) is 0.458. The third-order valence-electron chi connectivity index (χ3n) is 4.75. The van der Waals surface area contributed by atoms with E-state index < -0.39 is 0 Å². The first kappa shape index (κ1) is 27.0. The van der Waals surface area contributed by atoms with Gasteiger partial charge in [-0.2, -0.15) is 0 Å². The van der Waals surface area contributed by atoms with E-state index in [0.29, 0.717) is 45.5 Å². The molecule has 1 heterocycles. The van der Waals surface area contributed by atoms with Crippen LogP contribution in [0.25, 0.3) is 0 Å². The standard InChI is InChI=1S/C24H33N3O5.HI/c1-28-14-15-30-11-4-10-25-24(26-18-19-6-3-7-21(16-19)29-2)27-20-8-9-22-23(17-20)32-13-5-12-31-22;/h3,6-9,16-17H,4-5,10-15,18H2,1-2H3,(H2,25,26,27);1H. The van der Waals surface area contributed by atoms with E-state index in [9.17, 15) is 0 Å². The molecule has 2 N–H and O–H groups in total. The van der Waals surface area contributed by atoms with Crippen LogP contribution in [0.2, 0.25) is 0 Å². The van der Waals surface area contributed by atoms with Gasteiger partial charge in [0.2, 0.25) is 0 Å². The molecule has 9 heteroatoms. The Hall–Kier alpha value is -2.24. The van der Waals surface area contributed by atoms with E-state index in [4.69, 9.17) is 28.7 Å². The van der Waals surface area contributed by atoms with Crippen LogP contribution in [0, 0.1) is 0 Å². The molecule has 0 unspecified atom stereocenters. The molecule has 0 amide bonds. The smallest absolute Gasteiger partial charge is 0.196 e. The predicted molar refractivity (Wildman–Crippen MR) is 141 cm³/mol. The Labute approximate surface area is 213 Å². The second-order valence-electron chi connectivity index (χ2n) is 7.24. The second kappa shape index (κ2) is 15.6. The van der Waals surface area contributed by atoms with Gasteiger partial charge < -0.3 is 34.3 Å². The van der Waals surface area contributed by atoms with Gasteiger partial charge in [0.1, 0.15) is 5.75 Å². The van der Waals surface area contributed by atoms with Crippen molar-refractivity contribution >= 4 is 35.6 Å². The highest BCUT2D eigenvalue weighted by Crippen LogP contribution is 2.32. The van der Waals surface area contributed by atoms with Crippen molar-refractivity contribution in [2.24, 2.45) is 4.99 Å². The van der Waals surface area contributed by atoms with Gasteiger partial charge in [-0.05, 0) is 36.2 Å². The van der Waals surface area contributed by atoms with Crippen molar-refractivity contribution < 1.29 is 23.7 Å². The highest BCUT2D eigenvalue weighted by Gasteiger charge is 2.11. The van der Waals surface area contributed by atoms with E-state index in [1.54, 1.807) is 14.2 Å². The quantitative estimate of drug-likeness (QED) is 0.182. The second-order valence-corrected chi connectivity index (χ2v) is 7.24. The first-order valence-corrected chi connectivity index (χ1v) is 10.9. The van der Waals surface area contributed by atoms with E-state index in [1.807, 2.05) is 42.5 Å². The summed E-state index contributed by atoms with van der Waals surface area (Å²) in [6.45, 7) is 4.41. The summed E-state index contributed by atoms with van der Waals surface area (Å²) >= 11 is 0. The molecule has 0 aromatic heterocycles. The minimum atomic E-state index is 0. The molecular formula is C24H34IN3O5. The molecule has 0 radical (unpaired) electrons. The van der Waals surface area contributed by atoms with E-state index in [2.05, 4.69) is 10.6 Å². The maximum Gasteiger partial charge on any atom is 0.196 e. The Morgan fingerprint density at radius 1 is 1.00 bits per heavy atom. The normalized spacial score (nSPS) is 13.0. The van der Waals surface area contributed by atoms with Crippen molar-refractivity contribution in [3.05, 3.63) is 48.0 Å². The number of hydrogen-bond acceptors (Lipinski definition) is 6. The van der Waals surface area contributed by atoms with Crippen LogP contribution >= 0.6 is 24.0 Å². The SMILES string of the molecule is COCCOCCCNC(=NCc1cccc(OC)c1)Nc1ccc2c(c1)OCCCO2.I. The van der Waals surface area contributed by atoms with Gasteiger partial charge in [0.25, 0.3) is 0 Å². The maximum absolute atomic E-state index is 5.80. The number of fused-ring (bicyclic) bond motifs is 1. The van der Waals surface area contributed by atoms with E-state index in [-0.39, 0.29) is 24.0 Å². The zero-order chi connectivity index (χ0) is 22.4. The van der Waals surface area contributed by atoms with Crippen LogP contribution in [-0.2, 0) is 16.0 Å². The fourth-order valence-corrected chi connectivity index (χ4v) is 3.08. The van der Waals surface area contributed by atoms with Gasteiger partial charge in [-0.3, -0.25) is 0 Å². The molecule has 1 aliphatic rings. The van der Waals surface area contributed by atoms with Gasteiger partial charge in [-0.1, -0.05) is 12.1 Å². The van der Waals surface area contributed by atoms with E-state index in [1.165, 1.54) is 0 Å². The van der Waals surface area contributed by atoms with Gasteiger partial charge in [0.15, 0.2) is 17.5 Å². The van der Waals surface area contributed by atoms with Crippen molar-refractivity contribution in [3.63, 3.8) is 0 Å². The number of anilines is 1. The molecule has 8 nitrogen and oxygen atoms in total. The highest BCUT2D eigenvalue weighted by atomic mass is 127. The molecule has 0 saturated carbocycles.